The number of carbonyl (C=O) groups excluding carboxylic acids is 1. The van der Waals surface area contributed by atoms with Gasteiger partial charge in [-0.15, -0.1) is 11.3 Å². The number of aryl methyl sites for hydroxylation is 1. The highest BCUT2D eigenvalue weighted by Crippen LogP contribution is 2.41. The van der Waals surface area contributed by atoms with Crippen LogP contribution in [0.25, 0.3) is 32.6 Å². The molecule has 178 valence electrons. The number of anilines is 2. The van der Waals surface area contributed by atoms with Crippen LogP contribution in [0, 0.1) is 17.0 Å². The summed E-state index contributed by atoms with van der Waals surface area (Å²) >= 11 is 7.32. The van der Waals surface area contributed by atoms with Crippen molar-refractivity contribution in [1.82, 2.24) is 4.98 Å². The Morgan fingerprint density at radius 3 is 2.28 bits per heavy atom. The lowest BCUT2D eigenvalue weighted by molar-refractivity contribution is -0.384. The number of nitrogens with one attached hydrogen (secondary N) is 1. The summed E-state index contributed by atoms with van der Waals surface area (Å²) in [5, 5.41) is 15.0. The van der Waals surface area contributed by atoms with Crippen LogP contribution in [0.3, 0.4) is 0 Å². The fourth-order valence-corrected chi connectivity index (χ4v) is 5.01. The van der Waals surface area contributed by atoms with E-state index in [1.807, 2.05) is 49.4 Å². The third-order valence-corrected chi connectivity index (χ3v) is 7.09. The molecule has 7 nitrogen and oxygen atoms in total. The summed E-state index contributed by atoms with van der Waals surface area (Å²) in [7, 11) is 0. The molecule has 0 saturated heterocycles. The molecule has 0 unspecified atom stereocenters. The topological polar surface area (TPSA) is 111 Å². The summed E-state index contributed by atoms with van der Waals surface area (Å²) in [5.74, 6) is -0.414. The van der Waals surface area contributed by atoms with Crippen LogP contribution in [0.1, 0.15) is 15.2 Å². The maximum Gasteiger partial charge on any atom is 0.269 e. The summed E-state index contributed by atoms with van der Waals surface area (Å²) in [4.78, 5) is 29.3. The Balaban J connectivity index is 1.61. The standard InChI is InChI=1S/C27H19ClN4O3S/c1-15-2-4-17(5-3-15)22-14-21(16-6-8-18(28)9-7-16)23-24(29)25(36-27(23)31-22)26(33)30-19-10-12-20(13-11-19)32(34)35/h2-14H,29H2,1H3,(H,30,33). The smallest absolute Gasteiger partial charge is 0.269 e. The van der Waals surface area contributed by atoms with Crippen molar-refractivity contribution >= 4 is 56.1 Å². The Hall–Kier alpha value is -4.27. The summed E-state index contributed by atoms with van der Waals surface area (Å²) < 4.78 is 0. The molecule has 3 aromatic carbocycles. The first-order valence-corrected chi connectivity index (χ1v) is 12.1. The highest BCUT2D eigenvalue weighted by atomic mass is 35.5. The molecular formula is C27H19ClN4O3S. The van der Waals surface area contributed by atoms with E-state index in [0.29, 0.717) is 31.5 Å². The van der Waals surface area contributed by atoms with E-state index in [9.17, 15) is 14.9 Å². The van der Waals surface area contributed by atoms with E-state index in [4.69, 9.17) is 22.3 Å². The van der Waals surface area contributed by atoms with E-state index in [1.165, 1.54) is 35.6 Å². The van der Waals surface area contributed by atoms with E-state index in [1.54, 1.807) is 12.1 Å². The van der Waals surface area contributed by atoms with Gasteiger partial charge in [0.1, 0.15) is 9.71 Å². The zero-order chi connectivity index (χ0) is 25.4. The number of benzene rings is 3. The molecule has 9 heteroatoms. The molecular weight excluding hydrogens is 496 g/mol. The molecule has 1 amide bonds. The van der Waals surface area contributed by atoms with Crippen molar-refractivity contribution in [3.8, 4) is 22.4 Å². The molecule has 0 radical (unpaired) electrons. The number of carbonyl (C=O) groups is 1. The van der Waals surface area contributed by atoms with E-state index in [2.05, 4.69) is 5.32 Å². The van der Waals surface area contributed by atoms with Crippen LogP contribution >= 0.6 is 22.9 Å². The first-order chi connectivity index (χ1) is 17.3. The molecule has 0 saturated carbocycles. The normalized spacial score (nSPS) is 10.9. The number of aromatic nitrogens is 1. The summed E-state index contributed by atoms with van der Waals surface area (Å²) in [6, 6.07) is 23.1. The zero-order valence-electron chi connectivity index (χ0n) is 19.0. The number of thiophene rings is 1. The zero-order valence-corrected chi connectivity index (χ0v) is 20.6. The lowest BCUT2D eigenvalue weighted by Gasteiger charge is -2.09. The second kappa shape index (κ2) is 9.41. The number of rotatable bonds is 5. The predicted octanol–water partition coefficient (Wildman–Crippen LogP) is 7.33. The highest BCUT2D eigenvalue weighted by Gasteiger charge is 2.22. The van der Waals surface area contributed by atoms with Gasteiger partial charge in [-0.3, -0.25) is 14.9 Å². The molecule has 2 aromatic heterocycles. The molecule has 0 aliphatic heterocycles. The molecule has 0 bridgehead atoms. The van der Waals surface area contributed by atoms with Gasteiger partial charge in [-0.05, 0) is 48.4 Å². The molecule has 0 atom stereocenters. The van der Waals surface area contributed by atoms with Gasteiger partial charge in [-0.2, -0.15) is 0 Å². The number of hydrogen-bond donors (Lipinski definition) is 2. The van der Waals surface area contributed by atoms with E-state index >= 15 is 0 Å². The SMILES string of the molecule is Cc1ccc(-c2cc(-c3ccc(Cl)cc3)c3c(N)c(C(=O)Nc4ccc([N+](=O)[O-])cc4)sc3n2)cc1. The van der Waals surface area contributed by atoms with Crippen LogP contribution in [-0.2, 0) is 0 Å². The van der Waals surface area contributed by atoms with Gasteiger partial charge in [0.05, 0.1) is 16.3 Å². The van der Waals surface area contributed by atoms with E-state index in [-0.39, 0.29) is 5.69 Å². The predicted molar refractivity (Wildman–Crippen MR) is 146 cm³/mol. The number of hydrogen-bond acceptors (Lipinski definition) is 6. The van der Waals surface area contributed by atoms with Crippen LogP contribution in [0.15, 0.2) is 78.9 Å². The van der Waals surface area contributed by atoms with Gasteiger partial charge in [0.25, 0.3) is 11.6 Å². The minimum atomic E-state index is -0.495. The van der Waals surface area contributed by atoms with Gasteiger partial charge in [-0.1, -0.05) is 53.6 Å². The van der Waals surface area contributed by atoms with Crippen molar-refractivity contribution in [2.24, 2.45) is 0 Å². The second-order valence-electron chi connectivity index (χ2n) is 8.21. The van der Waals surface area contributed by atoms with Crippen molar-refractivity contribution in [3.05, 3.63) is 104 Å². The van der Waals surface area contributed by atoms with Crippen molar-refractivity contribution in [3.63, 3.8) is 0 Å². The van der Waals surface area contributed by atoms with Crippen LogP contribution in [0.2, 0.25) is 5.02 Å². The average molecular weight is 515 g/mol. The van der Waals surface area contributed by atoms with Gasteiger partial charge in [-0.25, -0.2) is 4.98 Å². The number of nitro benzene ring substituents is 1. The molecule has 5 rings (SSSR count). The van der Waals surface area contributed by atoms with Gasteiger partial charge in [0, 0.05) is 33.8 Å². The number of nitrogens with two attached hydrogens (primary N) is 1. The van der Waals surface area contributed by atoms with Gasteiger partial charge >= 0.3 is 0 Å². The minimum Gasteiger partial charge on any atom is -0.397 e. The largest absolute Gasteiger partial charge is 0.397 e. The lowest BCUT2D eigenvalue weighted by atomic mass is 9.99. The number of amides is 1. The van der Waals surface area contributed by atoms with Crippen LogP contribution in [0.5, 0.6) is 0 Å². The molecule has 5 aromatic rings. The number of halogens is 1. The quantitative estimate of drug-likeness (QED) is 0.188. The minimum absolute atomic E-state index is 0.0604. The Morgan fingerprint density at radius 1 is 1.00 bits per heavy atom. The fourth-order valence-electron chi connectivity index (χ4n) is 3.87. The highest BCUT2D eigenvalue weighted by molar-refractivity contribution is 7.21. The van der Waals surface area contributed by atoms with E-state index < -0.39 is 10.8 Å². The Morgan fingerprint density at radius 2 is 1.64 bits per heavy atom. The Labute approximate surface area is 215 Å². The van der Waals surface area contributed by atoms with Gasteiger partial charge in [0.2, 0.25) is 0 Å². The fraction of sp³-hybridized carbons (Fsp3) is 0.0370. The van der Waals surface area contributed by atoms with Crippen molar-refractivity contribution < 1.29 is 9.72 Å². The average Bonchev–Trinajstić information content (AvgIpc) is 3.21. The first kappa shape index (κ1) is 23.5. The van der Waals surface area contributed by atoms with Crippen molar-refractivity contribution in [1.29, 1.82) is 0 Å². The lowest BCUT2D eigenvalue weighted by Crippen LogP contribution is -2.11. The van der Waals surface area contributed by atoms with Crippen LogP contribution in [0.4, 0.5) is 17.1 Å². The number of fused-ring (bicyclic) bond motifs is 1. The van der Waals surface area contributed by atoms with Gasteiger partial charge < -0.3 is 11.1 Å². The maximum absolute atomic E-state index is 13.1. The van der Waals surface area contributed by atoms with Crippen molar-refractivity contribution in [2.75, 3.05) is 11.1 Å². The Kier molecular flexibility index (Phi) is 6.13. The number of nitrogens with zero attached hydrogens (tertiary/aromatic N) is 2. The summed E-state index contributed by atoms with van der Waals surface area (Å²) in [6.45, 7) is 2.02. The van der Waals surface area contributed by atoms with Gasteiger partial charge in [0.15, 0.2) is 0 Å². The Bertz CT molecular complexity index is 1610. The monoisotopic (exact) mass is 514 g/mol. The van der Waals surface area contributed by atoms with Crippen LogP contribution < -0.4 is 11.1 Å². The summed E-state index contributed by atoms with van der Waals surface area (Å²) in [6.07, 6.45) is 0. The number of nitro groups is 1. The number of nitrogen functional groups attached to an aromatic ring is 1. The number of pyridine rings is 1. The summed E-state index contributed by atoms with van der Waals surface area (Å²) in [5.41, 5.74) is 11.8. The van der Waals surface area contributed by atoms with E-state index in [0.717, 1.165) is 27.9 Å². The number of non-ortho nitro benzene ring substituents is 1. The van der Waals surface area contributed by atoms with Crippen molar-refractivity contribution in [2.45, 2.75) is 6.92 Å². The maximum atomic E-state index is 13.1. The molecule has 3 N–H and O–H groups in total. The molecule has 0 aliphatic carbocycles. The third-order valence-electron chi connectivity index (χ3n) is 5.74. The first-order valence-electron chi connectivity index (χ1n) is 10.9. The molecule has 0 spiro atoms. The molecule has 36 heavy (non-hydrogen) atoms. The van der Waals surface area contributed by atoms with Crippen LogP contribution in [-0.4, -0.2) is 15.8 Å². The second-order valence-corrected chi connectivity index (χ2v) is 9.65. The third kappa shape index (κ3) is 4.51. The molecule has 0 aliphatic rings. The molecule has 0 fully saturated rings. The molecule has 2 heterocycles.